The summed E-state index contributed by atoms with van der Waals surface area (Å²) in [7, 11) is 0. The average molecular weight is 307 g/mol. The highest BCUT2D eigenvalue weighted by molar-refractivity contribution is 6.30. The first-order valence-electron chi connectivity index (χ1n) is 7.20. The monoisotopic (exact) mass is 306 g/mol. The van der Waals surface area contributed by atoms with E-state index in [1.54, 1.807) is 18.2 Å². The van der Waals surface area contributed by atoms with E-state index in [2.05, 4.69) is 11.4 Å². The van der Waals surface area contributed by atoms with Crippen molar-refractivity contribution in [3.05, 3.63) is 28.8 Å². The maximum absolute atomic E-state index is 11.2. The average Bonchev–Trinajstić information content (AvgIpc) is 2.46. The normalized spacial score (nSPS) is 17.0. The molecule has 1 aliphatic carbocycles. The quantitative estimate of drug-likeness (QED) is 0.860. The summed E-state index contributed by atoms with van der Waals surface area (Å²) >= 11 is 5.88. The topological polar surface area (TPSA) is 73.1 Å². The van der Waals surface area contributed by atoms with Crippen LogP contribution in [0.15, 0.2) is 18.2 Å². The van der Waals surface area contributed by atoms with E-state index in [-0.39, 0.29) is 11.8 Å². The van der Waals surface area contributed by atoms with Gasteiger partial charge in [-0.25, -0.2) is 0 Å². The van der Waals surface area contributed by atoms with Crippen LogP contribution in [0.3, 0.4) is 0 Å². The fraction of sp³-hybridized carbons (Fsp3) is 0.500. The van der Waals surface area contributed by atoms with Crippen molar-refractivity contribution in [1.29, 1.82) is 5.26 Å². The summed E-state index contributed by atoms with van der Waals surface area (Å²) in [6.07, 6.45) is 5.33. The van der Waals surface area contributed by atoms with Gasteiger partial charge in [-0.05, 0) is 36.5 Å². The molecule has 0 heterocycles. The van der Waals surface area contributed by atoms with E-state index in [4.69, 9.17) is 22.0 Å². The Morgan fingerprint density at radius 2 is 2.10 bits per heavy atom. The minimum absolute atomic E-state index is 0.176. The molecule has 5 heteroatoms. The van der Waals surface area contributed by atoms with Gasteiger partial charge in [-0.15, -0.1) is 0 Å². The van der Waals surface area contributed by atoms with Crippen molar-refractivity contribution < 1.29 is 9.90 Å². The molecule has 2 N–H and O–H groups in total. The predicted octanol–water partition coefficient (Wildman–Crippen LogP) is 4.05. The number of carboxylic acid groups (broad SMARTS) is 1. The van der Waals surface area contributed by atoms with Crippen LogP contribution in [-0.4, -0.2) is 17.6 Å². The van der Waals surface area contributed by atoms with E-state index in [0.29, 0.717) is 17.1 Å². The molecule has 112 valence electrons. The first kappa shape index (κ1) is 15.7. The van der Waals surface area contributed by atoms with Gasteiger partial charge >= 0.3 is 5.97 Å². The molecule has 1 aromatic rings. The van der Waals surface area contributed by atoms with Gasteiger partial charge in [0.25, 0.3) is 0 Å². The van der Waals surface area contributed by atoms with E-state index in [9.17, 15) is 4.79 Å². The number of nitrogens with zero attached hydrogens (tertiary/aromatic N) is 1. The van der Waals surface area contributed by atoms with Crippen molar-refractivity contribution in [2.75, 3.05) is 11.9 Å². The number of hydrogen-bond donors (Lipinski definition) is 2. The van der Waals surface area contributed by atoms with Crippen LogP contribution in [-0.2, 0) is 4.79 Å². The number of carboxylic acids is 1. The van der Waals surface area contributed by atoms with Gasteiger partial charge in [-0.2, -0.15) is 5.26 Å². The molecule has 0 atom stereocenters. The van der Waals surface area contributed by atoms with E-state index in [1.165, 1.54) is 6.42 Å². The Kier molecular flexibility index (Phi) is 5.08. The minimum atomic E-state index is -0.754. The second kappa shape index (κ2) is 6.82. The smallest absolute Gasteiger partial charge is 0.303 e. The van der Waals surface area contributed by atoms with Gasteiger partial charge in [0.15, 0.2) is 0 Å². The van der Waals surface area contributed by atoms with Gasteiger partial charge in [0.05, 0.1) is 17.7 Å². The first-order chi connectivity index (χ1) is 10.0. The number of aliphatic carboxylic acids is 1. The van der Waals surface area contributed by atoms with Crippen LogP contribution in [0, 0.1) is 16.7 Å². The maximum Gasteiger partial charge on any atom is 0.303 e. The minimum Gasteiger partial charge on any atom is -0.481 e. The fourth-order valence-electron chi connectivity index (χ4n) is 3.08. The summed E-state index contributed by atoms with van der Waals surface area (Å²) in [4.78, 5) is 11.2. The number of halogens is 1. The number of nitriles is 1. The van der Waals surface area contributed by atoms with Crippen LogP contribution < -0.4 is 5.32 Å². The predicted molar refractivity (Wildman–Crippen MR) is 82.4 cm³/mol. The SMILES string of the molecule is N#Cc1cc(Cl)ccc1NCC1(CC(=O)O)CCCCC1. The zero-order valence-corrected chi connectivity index (χ0v) is 12.6. The molecular weight excluding hydrogens is 288 g/mol. The second-order valence-electron chi connectivity index (χ2n) is 5.79. The third-order valence-corrected chi connectivity index (χ3v) is 4.43. The molecule has 4 nitrogen and oxygen atoms in total. The van der Waals surface area contributed by atoms with Crippen LogP contribution >= 0.6 is 11.6 Å². The summed E-state index contributed by atoms with van der Waals surface area (Å²) in [5.41, 5.74) is 0.997. The lowest BCUT2D eigenvalue weighted by Crippen LogP contribution is -2.34. The van der Waals surface area contributed by atoms with E-state index >= 15 is 0 Å². The highest BCUT2D eigenvalue weighted by atomic mass is 35.5. The molecule has 1 fully saturated rings. The molecule has 1 aliphatic rings. The largest absolute Gasteiger partial charge is 0.481 e. The molecule has 21 heavy (non-hydrogen) atoms. The number of anilines is 1. The standard InChI is InChI=1S/C16H19ClN2O2/c17-13-4-5-14(12(8-13)10-18)19-11-16(9-15(20)21)6-2-1-3-7-16/h4-5,8,19H,1-3,6-7,9,11H2,(H,20,21). The third-order valence-electron chi connectivity index (χ3n) is 4.20. The zero-order valence-electron chi connectivity index (χ0n) is 11.9. The van der Waals surface area contributed by atoms with E-state index in [1.807, 2.05) is 0 Å². The summed E-state index contributed by atoms with van der Waals surface area (Å²) in [6.45, 7) is 0.579. The molecule has 1 aromatic carbocycles. The first-order valence-corrected chi connectivity index (χ1v) is 7.58. The van der Waals surface area contributed by atoms with Crippen LogP contribution in [0.4, 0.5) is 5.69 Å². The summed E-state index contributed by atoms with van der Waals surface area (Å²) in [6, 6.07) is 7.24. The second-order valence-corrected chi connectivity index (χ2v) is 6.22. The molecular formula is C16H19ClN2O2. The number of rotatable bonds is 5. The van der Waals surface area contributed by atoms with Crippen LogP contribution in [0.1, 0.15) is 44.1 Å². The highest BCUT2D eigenvalue weighted by Crippen LogP contribution is 2.39. The molecule has 0 aliphatic heterocycles. The van der Waals surface area contributed by atoms with Gasteiger partial charge in [0, 0.05) is 11.6 Å². The molecule has 0 bridgehead atoms. The summed E-state index contributed by atoms with van der Waals surface area (Å²) in [5.74, 6) is -0.754. The lowest BCUT2D eigenvalue weighted by Gasteiger charge is -2.36. The van der Waals surface area contributed by atoms with Crippen LogP contribution in [0.2, 0.25) is 5.02 Å². The Morgan fingerprint density at radius 3 is 2.71 bits per heavy atom. The molecule has 1 saturated carbocycles. The molecule has 0 spiro atoms. The molecule has 0 amide bonds. The molecule has 0 unspecified atom stereocenters. The summed E-state index contributed by atoms with van der Waals surface area (Å²) < 4.78 is 0. The molecule has 0 aromatic heterocycles. The molecule has 0 radical (unpaired) electrons. The van der Waals surface area contributed by atoms with Gasteiger partial charge in [-0.1, -0.05) is 30.9 Å². The van der Waals surface area contributed by atoms with E-state index < -0.39 is 5.97 Å². The van der Waals surface area contributed by atoms with Gasteiger partial charge in [0.1, 0.15) is 6.07 Å². The Labute approximate surface area is 129 Å². The lowest BCUT2D eigenvalue weighted by molar-refractivity contribution is -0.140. The van der Waals surface area contributed by atoms with Gasteiger partial charge in [-0.3, -0.25) is 4.79 Å². The zero-order chi connectivity index (χ0) is 15.3. The number of benzene rings is 1. The number of nitrogens with one attached hydrogen (secondary N) is 1. The van der Waals surface area contributed by atoms with Crippen molar-refractivity contribution in [3.63, 3.8) is 0 Å². The van der Waals surface area contributed by atoms with Crippen molar-refractivity contribution in [3.8, 4) is 6.07 Å². The Morgan fingerprint density at radius 1 is 1.38 bits per heavy atom. The van der Waals surface area contributed by atoms with E-state index in [0.717, 1.165) is 31.4 Å². The van der Waals surface area contributed by atoms with Crippen molar-refractivity contribution >= 4 is 23.3 Å². The highest BCUT2D eigenvalue weighted by Gasteiger charge is 2.34. The number of carbonyl (C=O) groups is 1. The van der Waals surface area contributed by atoms with Crippen molar-refractivity contribution in [1.82, 2.24) is 0 Å². The van der Waals surface area contributed by atoms with Gasteiger partial charge < -0.3 is 10.4 Å². The number of hydrogen-bond acceptors (Lipinski definition) is 3. The maximum atomic E-state index is 11.2. The Balaban J connectivity index is 2.12. The fourth-order valence-corrected chi connectivity index (χ4v) is 3.26. The van der Waals surface area contributed by atoms with Crippen LogP contribution in [0.25, 0.3) is 0 Å². The van der Waals surface area contributed by atoms with Gasteiger partial charge in [0.2, 0.25) is 0 Å². The lowest BCUT2D eigenvalue weighted by atomic mass is 9.71. The Hall–Kier alpha value is -1.73. The summed E-state index contributed by atoms with van der Waals surface area (Å²) in [5, 5.41) is 22.1. The van der Waals surface area contributed by atoms with Crippen molar-refractivity contribution in [2.45, 2.75) is 38.5 Å². The van der Waals surface area contributed by atoms with Crippen LogP contribution in [0.5, 0.6) is 0 Å². The molecule has 0 saturated heterocycles. The molecule has 2 rings (SSSR count). The third kappa shape index (κ3) is 4.12. The Bertz CT molecular complexity index is 560. The van der Waals surface area contributed by atoms with Crippen molar-refractivity contribution in [2.24, 2.45) is 5.41 Å².